The zero-order valence-corrected chi connectivity index (χ0v) is 18.8. The zero-order chi connectivity index (χ0) is 21.5. The molecule has 0 saturated carbocycles. The minimum atomic E-state index is 0.0299. The van der Waals surface area contributed by atoms with Crippen LogP contribution in [0.2, 0.25) is 5.02 Å². The van der Waals surface area contributed by atoms with Gasteiger partial charge < -0.3 is 10.2 Å². The topological polar surface area (TPSA) is 46.9 Å². The van der Waals surface area contributed by atoms with Gasteiger partial charge in [0.1, 0.15) is 0 Å². The molecule has 30 heavy (non-hydrogen) atoms. The molecular weight excluding hydrogens is 416 g/mol. The van der Waals surface area contributed by atoms with Crippen LogP contribution in [0, 0.1) is 0 Å². The summed E-state index contributed by atoms with van der Waals surface area (Å²) in [5.41, 5.74) is 3.91. The van der Waals surface area contributed by atoms with Crippen molar-refractivity contribution in [1.82, 2.24) is 5.01 Å². The number of aliphatic hydroxyl groups is 2. The summed E-state index contributed by atoms with van der Waals surface area (Å²) in [7, 11) is 2.00. The van der Waals surface area contributed by atoms with Crippen LogP contribution in [0.5, 0.6) is 0 Å². The van der Waals surface area contributed by atoms with E-state index in [1.165, 1.54) is 0 Å². The number of hydrogen-bond acceptors (Lipinski definition) is 5. The molecule has 0 saturated heterocycles. The summed E-state index contributed by atoms with van der Waals surface area (Å²) >= 11 is 8.25. The van der Waals surface area contributed by atoms with Crippen LogP contribution in [0.3, 0.4) is 0 Å². The molecule has 4 nitrogen and oxygen atoms in total. The van der Waals surface area contributed by atoms with Crippen LogP contribution in [-0.2, 0) is 6.61 Å². The van der Waals surface area contributed by atoms with Crippen molar-refractivity contribution in [3.8, 4) is 10.4 Å². The Kier molecular flexibility index (Phi) is 8.08. The fraction of sp³-hybridized carbons (Fsp3) is 0.250. The van der Waals surface area contributed by atoms with E-state index in [0.29, 0.717) is 18.0 Å². The second-order valence-electron chi connectivity index (χ2n) is 6.92. The second-order valence-corrected chi connectivity index (χ2v) is 8.41. The maximum atomic E-state index is 9.45. The van der Waals surface area contributed by atoms with Crippen molar-refractivity contribution in [2.75, 3.05) is 25.2 Å². The van der Waals surface area contributed by atoms with Gasteiger partial charge in [-0.1, -0.05) is 48.0 Å². The summed E-state index contributed by atoms with van der Waals surface area (Å²) < 4.78 is 0. The molecule has 3 aromatic rings. The van der Waals surface area contributed by atoms with E-state index in [4.69, 9.17) is 11.6 Å². The molecule has 1 heterocycles. The van der Waals surface area contributed by atoms with Crippen LogP contribution in [0.4, 0.5) is 5.69 Å². The number of allylic oxidation sites excluding steroid dienone is 1. The molecule has 0 bridgehead atoms. The molecule has 1 aromatic heterocycles. The average Bonchev–Trinajstić information content (AvgIpc) is 3.26. The molecule has 3 rings (SSSR count). The van der Waals surface area contributed by atoms with Gasteiger partial charge in [0.2, 0.25) is 0 Å². The predicted octanol–water partition coefficient (Wildman–Crippen LogP) is 5.66. The van der Waals surface area contributed by atoms with Crippen LogP contribution >= 0.6 is 22.9 Å². The molecule has 0 atom stereocenters. The molecule has 0 aliphatic rings. The molecule has 0 spiro atoms. The molecule has 0 aliphatic carbocycles. The Bertz CT molecular complexity index is 1000. The number of para-hydroxylation sites is 1. The average molecular weight is 443 g/mol. The van der Waals surface area contributed by atoms with E-state index >= 15 is 0 Å². The Morgan fingerprint density at radius 1 is 1.07 bits per heavy atom. The van der Waals surface area contributed by atoms with Crippen LogP contribution in [0.25, 0.3) is 16.1 Å². The highest BCUT2D eigenvalue weighted by molar-refractivity contribution is 7.16. The van der Waals surface area contributed by atoms with E-state index in [-0.39, 0.29) is 13.2 Å². The smallest absolute Gasteiger partial charge is 0.0766 e. The Balaban J connectivity index is 2.00. The Hall–Kier alpha value is -2.15. The van der Waals surface area contributed by atoms with Crippen molar-refractivity contribution in [3.05, 3.63) is 82.2 Å². The van der Waals surface area contributed by atoms with E-state index in [0.717, 1.165) is 32.3 Å². The number of anilines is 1. The molecule has 158 valence electrons. The number of thiophene rings is 1. The fourth-order valence-electron chi connectivity index (χ4n) is 3.34. The van der Waals surface area contributed by atoms with Gasteiger partial charge in [-0.2, -0.15) is 0 Å². The number of aliphatic hydroxyl groups excluding tert-OH is 2. The molecule has 2 aromatic carbocycles. The lowest BCUT2D eigenvalue weighted by atomic mass is 10.1. The molecule has 0 fully saturated rings. The second kappa shape index (κ2) is 10.8. The van der Waals surface area contributed by atoms with Crippen molar-refractivity contribution >= 4 is 34.3 Å². The largest absolute Gasteiger partial charge is 0.396 e. The third kappa shape index (κ3) is 5.12. The molecule has 0 unspecified atom stereocenters. The highest BCUT2D eigenvalue weighted by Crippen LogP contribution is 2.38. The summed E-state index contributed by atoms with van der Waals surface area (Å²) in [4.78, 5) is 2.24. The highest BCUT2D eigenvalue weighted by atomic mass is 35.5. The van der Waals surface area contributed by atoms with Crippen molar-refractivity contribution in [2.45, 2.75) is 20.0 Å². The van der Waals surface area contributed by atoms with Gasteiger partial charge in [-0.05, 0) is 54.8 Å². The highest BCUT2D eigenvalue weighted by Gasteiger charge is 2.21. The van der Waals surface area contributed by atoms with Gasteiger partial charge in [-0.25, -0.2) is 5.01 Å². The number of nitrogens with zero attached hydrogens (tertiary/aromatic N) is 2. The van der Waals surface area contributed by atoms with Crippen molar-refractivity contribution in [1.29, 1.82) is 0 Å². The van der Waals surface area contributed by atoms with Crippen LogP contribution in [0.1, 0.15) is 23.8 Å². The van der Waals surface area contributed by atoms with Gasteiger partial charge in [-0.3, -0.25) is 5.01 Å². The number of halogens is 1. The van der Waals surface area contributed by atoms with Gasteiger partial charge in [0, 0.05) is 25.1 Å². The van der Waals surface area contributed by atoms with Crippen molar-refractivity contribution in [2.24, 2.45) is 0 Å². The standard InChI is InChI=1S/C24H27ClN2O2S/c1-3-21(24-13-12-23(30-24)19-9-6-8-18(16-19)17-29)27(26(2)14-7-15-28)22-11-5-4-10-20(22)25/h3-6,8-13,16,28-29H,7,14-15,17H2,1-2H3/b21-3-. The lowest BCUT2D eigenvalue weighted by Gasteiger charge is -2.36. The van der Waals surface area contributed by atoms with Gasteiger partial charge in [-0.15, -0.1) is 11.3 Å². The minimum Gasteiger partial charge on any atom is -0.396 e. The number of hydrazine groups is 1. The van der Waals surface area contributed by atoms with Crippen LogP contribution < -0.4 is 5.01 Å². The zero-order valence-electron chi connectivity index (χ0n) is 17.3. The first-order valence-corrected chi connectivity index (χ1v) is 11.1. The van der Waals surface area contributed by atoms with E-state index in [1.54, 1.807) is 11.3 Å². The van der Waals surface area contributed by atoms with E-state index in [9.17, 15) is 10.2 Å². The SMILES string of the molecule is C/C=C(/c1ccc(-c2cccc(CO)c2)s1)N(c1ccccc1Cl)N(C)CCCO. The first-order chi connectivity index (χ1) is 14.6. The van der Waals surface area contributed by atoms with E-state index in [2.05, 4.69) is 34.3 Å². The van der Waals surface area contributed by atoms with E-state index in [1.807, 2.05) is 56.4 Å². The molecule has 0 amide bonds. The van der Waals surface area contributed by atoms with Gasteiger partial charge in [0.25, 0.3) is 0 Å². The Morgan fingerprint density at radius 2 is 1.87 bits per heavy atom. The number of benzene rings is 2. The molecule has 6 heteroatoms. The third-order valence-electron chi connectivity index (χ3n) is 4.82. The molecule has 0 radical (unpaired) electrons. The normalized spacial score (nSPS) is 11.9. The predicted molar refractivity (Wildman–Crippen MR) is 128 cm³/mol. The van der Waals surface area contributed by atoms with Gasteiger partial charge in [0.15, 0.2) is 0 Å². The van der Waals surface area contributed by atoms with Crippen molar-refractivity contribution in [3.63, 3.8) is 0 Å². The molecule has 2 N–H and O–H groups in total. The van der Waals surface area contributed by atoms with E-state index < -0.39 is 0 Å². The quantitative estimate of drug-likeness (QED) is 0.420. The van der Waals surface area contributed by atoms with Crippen molar-refractivity contribution < 1.29 is 10.2 Å². The minimum absolute atomic E-state index is 0.0299. The summed E-state index contributed by atoms with van der Waals surface area (Å²) in [6.45, 7) is 2.87. The molecule has 0 aliphatic heterocycles. The molecular formula is C24H27ClN2O2S. The maximum absolute atomic E-state index is 9.45. The number of hydrogen-bond donors (Lipinski definition) is 2. The lowest BCUT2D eigenvalue weighted by molar-refractivity contribution is 0.249. The summed E-state index contributed by atoms with van der Waals surface area (Å²) in [5.74, 6) is 0. The summed E-state index contributed by atoms with van der Waals surface area (Å²) in [6.07, 6.45) is 2.75. The summed E-state index contributed by atoms with van der Waals surface area (Å²) in [5, 5.41) is 23.6. The number of rotatable bonds is 9. The van der Waals surface area contributed by atoms with Gasteiger partial charge >= 0.3 is 0 Å². The van der Waals surface area contributed by atoms with Crippen LogP contribution in [0.15, 0.2) is 66.7 Å². The first-order valence-electron chi connectivity index (χ1n) is 9.92. The monoisotopic (exact) mass is 442 g/mol. The first kappa shape index (κ1) is 22.5. The third-order valence-corrected chi connectivity index (χ3v) is 6.29. The lowest BCUT2D eigenvalue weighted by Crippen LogP contribution is -2.39. The van der Waals surface area contributed by atoms with Crippen LogP contribution in [-0.4, -0.2) is 35.4 Å². The van der Waals surface area contributed by atoms with Gasteiger partial charge in [0.05, 0.1) is 27.9 Å². The Morgan fingerprint density at radius 3 is 2.57 bits per heavy atom. The summed E-state index contributed by atoms with van der Waals surface area (Å²) in [6, 6.07) is 20.0. The fourth-order valence-corrected chi connectivity index (χ4v) is 4.62. The maximum Gasteiger partial charge on any atom is 0.0766 e. The Labute approximate surface area is 187 Å².